The smallest absolute Gasteiger partial charge is 0.238 e. The summed E-state index contributed by atoms with van der Waals surface area (Å²) in [6, 6.07) is 15.0. The van der Waals surface area contributed by atoms with Gasteiger partial charge in [-0.05, 0) is 43.8 Å². The number of carbonyl (C=O) groups excluding carboxylic acids is 2. The third kappa shape index (κ3) is 6.50. The van der Waals surface area contributed by atoms with Crippen LogP contribution in [-0.4, -0.2) is 48.8 Å². The van der Waals surface area contributed by atoms with Crippen LogP contribution in [0, 0.1) is 6.92 Å². The Morgan fingerprint density at radius 2 is 1.58 bits per heavy atom. The Bertz CT molecular complexity index is 745. The molecular formula is C20H24ClN3O2. The number of nitrogens with one attached hydrogen (secondary N) is 1. The number of carbonyl (C=O) groups is 2. The van der Waals surface area contributed by atoms with Gasteiger partial charge in [0.05, 0.1) is 13.1 Å². The van der Waals surface area contributed by atoms with Crippen molar-refractivity contribution in [3.05, 3.63) is 64.7 Å². The Kier molecular flexibility index (Phi) is 7.18. The lowest BCUT2D eigenvalue weighted by Crippen LogP contribution is -2.39. The molecule has 0 saturated heterocycles. The Morgan fingerprint density at radius 1 is 0.962 bits per heavy atom. The summed E-state index contributed by atoms with van der Waals surface area (Å²) in [5.41, 5.74) is 2.94. The van der Waals surface area contributed by atoms with Gasteiger partial charge >= 0.3 is 0 Å². The zero-order chi connectivity index (χ0) is 19.1. The molecule has 138 valence electrons. The first-order valence-electron chi connectivity index (χ1n) is 8.37. The summed E-state index contributed by atoms with van der Waals surface area (Å²) in [7, 11) is 3.52. The molecule has 5 nitrogen and oxygen atoms in total. The van der Waals surface area contributed by atoms with Crippen LogP contribution in [-0.2, 0) is 16.1 Å². The van der Waals surface area contributed by atoms with Crippen molar-refractivity contribution in [1.82, 2.24) is 9.80 Å². The van der Waals surface area contributed by atoms with E-state index in [4.69, 9.17) is 11.6 Å². The number of aryl methyl sites for hydroxylation is 1. The summed E-state index contributed by atoms with van der Waals surface area (Å²) in [5.74, 6) is -0.212. The molecule has 0 unspecified atom stereocenters. The summed E-state index contributed by atoms with van der Waals surface area (Å²) < 4.78 is 0. The summed E-state index contributed by atoms with van der Waals surface area (Å²) in [6.45, 7) is 2.88. The molecule has 6 heteroatoms. The number of benzene rings is 2. The van der Waals surface area contributed by atoms with Crippen molar-refractivity contribution in [3.8, 4) is 0 Å². The van der Waals surface area contributed by atoms with Crippen LogP contribution in [0.3, 0.4) is 0 Å². The fraction of sp³-hybridized carbons (Fsp3) is 0.300. The normalized spacial score (nSPS) is 10.7. The third-order valence-electron chi connectivity index (χ3n) is 3.91. The lowest BCUT2D eigenvalue weighted by molar-refractivity contribution is -0.131. The van der Waals surface area contributed by atoms with Crippen LogP contribution >= 0.6 is 11.6 Å². The van der Waals surface area contributed by atoms with Crippen molar-refractivity contribution < 1.29 is 9.59 Å². The Balaban J connectivity index is 1.79. The maximum Gasteiger partial charge on any atom is 0.238 e. The van der Waals surface area contributed by atoms with E-state index in [2.05, 4.69) is 5.32 Å². The molecule has 26 heavy (non-hydrogen) atoms. The van der Waals surface area contributed by atoms with E-state index in [1.165, 1.54) is 5.56 Å². The number of hydrogen-bond donors (Lipinski definition) is 1. The molecule has 0 aliphatic carbocycles. The molecule has 2 rings (SSSR count). The van der Waals surface area contributed by atoms with E-state index in [0.717, 1.165) is 5.56 Å². The Hall–Kier alpha value is -2.37. The standard InChI is InChI=1S/C20H24ClN3O2/c1-15-4-6-16(7-5-15)12-24(3)20(26)14-23(2)13-19(25)22-18-10-8-17(21)9-11-18/h4-11H,12-14H2,1-3H3,(H,22,25). The van der Waals surface area contributed by atoms with Crippen LogP contribution < -0.4 is 5.32 Å². The second kappa shape index (κ2) is 9.36. The predicted octanol–water partition coefficient (Wildman–Crippen LogP) is 3.18. The number of hydrogen-bond acceptors (Lipinski definition) is 3. The van der Waals surface area contributed by atoms with Gasteiger partial charge in [0.25, 0.3) is 0 Å². The number of anilines is 1. The maximum absolute atomic E-state index is 12.3. The van der Waals surface area contributed by atoms with Crippen molar-refractivity contribution in [2.75, 3.05) is 32.5 Å². The average Bonchev–Trinajstić information content (AvgIpc) is 2.58. The van der Waals surface area contributed by atoms with Crippen molar-refractivity contribution in [1.29, 1.82) is 0 Å². The minimum atomic E-state index is -0.177. The zero-order valence-electron chi connectivity index (χ0n) is 15.3. The summed E-state index contributed by atoms with van der Waals surface area (Å²) in [6.07, 6.45) is 0. The highest BCUT2D eigenvalue weighted by Gasteiger charge is 2.14. The average molecular weight is 374 g/mol. The van der Waals surface area contributed by atoms with Gasteiger partial charge in [-0.15, -0.1) is 0 Å². The van der Waals surface area contributed by atoms with Crippen LogP contribution in [0.2, 0.25) is 5.02 Å². The molecule has 0 heterocycles. The first-order chi connectivity index (χ1) is 12.3. The molecule has 0 spiro atoms. The molecule has 2 amide bonds. The van der Waals surface area contributed by atoms with Gasteiger partial charge in [0.15, 0.2) is 0 Å². The summed E-state index contributed by atoms with van der Waals surface area (Å²) >= 11 is 5.82. The fourth-order valence-electron chi connectivity index (χ4n) is 2.44. The van der Waals surface area contributed by atoms with E-state index in [0.29, 0.717) is 17.3 Å². The fourth-order valence-corrected chi connectivity index (χ4v) is 2.57. The Labute approximate surface area is 159 Å². The first kappa shape index (κ1) is 19.9. The topological polar surface area (TPSA) is 52.7 Å². The molecule has 0 aliphatic heterocycles. The van der Waals surface area contributed by atoms with Gasteiger partial charge in [-0.25, -0.2) is 0 Å². The number of amides is 2. The highest BCUT2D eigenvalue weighted by Crippen LogP contribution is 2.13. The molecule has 0 aliphatic rings. The van der Waals surface area contributed by atoms with E-state index < -0.39 is 0 Å². The minimum Gasteiger partial charge on any atom is -0.340 e. The number of halogens is 1. The van der Waals surface area contributed by atoms with Crippen LogP contribution in [0.15, 0.2) is 48.5 Å². The van der Waals surface area contributed by atoms with Gasteiger partial charge in [-0.2, -0.15) is 0 Å². The van der Waals surface area contributed by atoms with Crippen LogP contribution in [0.5, 0.6) is 0 Å². The van der Waals surface area contributed by atoms with Gasteiger partial charge in [0.2, 0.25) is 11.8 Å². The Morgan fingerprint density at radius 3 is 2.19 bits per heavy atom. The monoisotopic (exact) mass is 373 g/mol. The lowest BCUT2D eigenvalue weighted by Gasteiger charge is -2.22. The highest BCUT2D eigenvalue weighted by atomic mass is 35.5. The largest absolute Gasteiger partial charge is 0.340 e. The highest BCUT2D eigenvalue weighted by molar-refractivity contribution is 6.30. The van der Waals surface area contributed by atoms with Crippen molar-refractivity contribution in [2.24, 2.45) is 0 Å². The number of nitrogens with zero attached hydrogens (tertiary/aromatic N) is 2. The minimum absolute atomic E-state index is 0.0348. The van der Waals surface area contributed by atoms with E-state index >= 15 is 0 Å². The van der Waals surface area contributed by atoms with Gasteiger partial charge in [0, 0.05) is 24.3 Å². The van der Waals surface area contributed by atoms with E-state index in [-0.39, 0.29) is 24.9 Å². The van der Waals surface area contributed by atoms with E-state index in [1.54, 1.807) is 48.2 Å². The molecule has 2 aromatic carbocycles. The first-order valence-corrected chi connectivity index (χ1v) is 8.75. The quantitative estimate of drug-likeness (QED) is 0.811. The van der Waals surface area contributed by atoms with Gasteiger partial charge < -0.3 is 10.2 Å². The van der Waals surface area contributed by atoms with Gasteiger partial charge in [-0.1, -0.05) is 41.4 Å². The molecule has 0 bridgehead atoms. The molecule has 2 aromatic rings. The van der Waals surface area contributed by atoms with Gasteiger partial charge in [-0.3, -0.25) is 14.5 Å². The van der Waals surface area contributed by atoms with Crippen LogP contribution in [0.4, 0.5) is 5.69 Å². The molecule has 0 fully saturated rings. The van der Waals surface area contributed by atoms with E-state index in [9.17, 15) is 9.59 Å². The summed E-state index contributed by atoms with van der Waals surface area (Å²) in [5, 5.41) is 3.40. The molecule has 0 atom stereocenters. The second-order valence-electron chi connectivity index (χ2n) is 6.46. The number of rotatable bonds is 7. The SMILES string of the molecule is Cc1ccc(CN(C)C(=O)CN(C)CC(=O)Nc2ccc(Cl)cc2)cc1. The van der Waals surface area contributed by atoms with Gasteiger partial charge in [0.1, 0.15) is 0 Å². The van der Waals surface area contributed by atoms with Crippen LogP contribution in [0.25, 0.3) is 0 Å². The number of likely N-dealkylation sites (N-methyl/N-ethyl adjacent to an activating group) is 2. The summed E-state index contributed by atoms with van der Waals surface area (Å²) in [4.78, 5) is 27.8. The predicted molar refractivity (Wildman–Crippen MR) is 105 cm³/mol. The maximum atomic E-state index is 12.3. The lowest BCUT2D eigenvalue weighted by atomic mass is 10.1. The second-order valence-corrected chi connectivity index (χ2v) is 6.90. The van der Waals surface area contributed by atoms with E-state index in [1.807, 2.05) is 31.2 Å². The molecule has 1 N–H and O–H groups in total. The van der Waals surface area contributed by atoms with Crippen molar-refractivity contribution in [3.63, 3.8) is 0 Å². The molecular weight excluding hydrogens is 350 g/mol. The zero-order valence-corrected chi connectivity index (χ0v) is 16.1. The molecule has 0 radical (unpaired) electrons. The third-order valence-corrected chi connectivity index (χ3v) is 4.16. The van der Waals surface area contributed by atoms with Crippen molar-refractivity contribution in [2.45, 2.75) is 13.5 Å². The van der Waals surface area contributed by atoms with Crippen molar-refractivity contribution >= 4 is 29.1 Å². The van der Waals surface area contributed by atoms with Crippen LogP contribution in [0.1, 0.15) is 11.1 Å². The molecule has 0 saturated carbocycles. The molecule has 0 aromatic heterocycles.